The van der Waals surface area contributed by atoms with Gasteiger partial charge < -0.3 is 0 Å². The highest BCUT2D eigenvalue weighted by Gasteiger charge is 2.16. The van der Waals surface area contributed by atoms with Gasteiger partial charge in [0.15, 0.2) is 11.6 Å². The summed E-state index contributed by atoms with van der Waals surface area (Å²) in [6.45, 7) is 4.16. The molecule has 0 saturated heterocycles. The van der Waals surface area contributed by atoms with Gasteiger partial charge in [-0.15, -0.1) is 0 Å². The van der Waals surface area contributed by atoms with E-state index in [-0.39, 0.29) is 16.9 Å². The number of hydrogen-bond acceptors (Lipinski definition) is 0. The monoisotopic (exact) mass is 472 g/mol. The van der Waals surface area contributed by atoms with Gasteiger partial charge in [0.05, 0.1) is 0 Å². The van der Waals surface area contributed by atoms with E-state index in [4.69, 9.17) is 0 Å². The van der Waals surface area contributed by atoms with E-state index in [9.17, 15) is 13.2 Å². The maximum atomic E-state index is 15.0. The molecule has 35 heavy (non-hydrogen) atoms. The SMILES string of the molecule is CCCCc1ccc(CCc2ccc(-c3ccc(-c4ccc(CC)cc4)c(F)c3F)cc2)cc1F. The van der Waals surface area contributed by atoms with Gasteiger partial charge in [-0.25, -0.2) is 13.2 Å². The number of aryl methyl sites for hydroxylation is 4. The summed E-state index contributed by atoms with van der Waals surface area (Å²) in [6.07, 6.45) is 5.17. The second kappa shape index (κ2) is 11.4. The van der Waals surface area contributed by atoms with E-state index in [1.54, 1.807) is 18.2 Å². The van der Waals surface area contributed by atoms with Crippen molar-refractivity contribution in [1.82, 2.24) is 0 Å². The summed E-state index contributed by atoms with van der Waals surface area (Å²) in [6, 6.07) is 23.8. The zero-order valence-corrected chi connectivity index (χ0v) is 20.4. The number of halogens is 3. The largest absolute Gasteiger partial charge is 0.207 e. The van der Waals surface area contributed by atoms with Crippen molar-refractivity contribution >= 4 is 0 Å². The fraction of sp³-hybridized carbons (Fsp3) is 0.250. The van der Waals surface area contributed by atoms with Crippen molar-refractivity contribution in [3.8, 4) is 22.3 Å². The fourth-order valence-corrected chi connectivity index (χ4v) is 4.37. The minimum absolute atomic E-state index is 0.131. The Morgan fingerprint density at radius 3 is 1.57 bits per heavy atom. The lowest BCUT2D eigenvalue weighted by Gasteiger charge is -2.11. The van der Waals surface area contributed by atoms with Gasteiger partial charge in [0, 0.05) is 11.1 Å². The molecule has 0 saturated carbocycles. The Kier molecular flexibility index (Phi) is 8.07. The van der Waals surface area contributed by atoms with Crippen LogP contribution in [0.25, 0.3) is 22.3 Å². The van der Waals surface area contributed by atoms with Crippen LogP contribution in [-0.4, -0.2) is 0 Å². The van der Waals surface area contributed by atoms with Crippen molar-refractivity contribution in [2.45, 2.75) is 52.4 Å². The van der Waals surface area contributed by atoms with E-state index >= 15 is 0 Å². The van der Waals surface area contributed by atoms with E-state index in [1.807, 2.05) is 60.7 Å². The van der Waals surface area contributed by atoms with Crippen LogP contribution < -0.4 is 0 Å². The van der Waals surface area contributed by atoms with Crippen molar-refractivity contribution in [3.63, 3.8) is 0 Å². The Morgan fingerprint density at radius 2 is 1.06 bits per heavy atom. The quantitative estimate of drug-likeness (QED) is 0.228. The molecule has 0 N–H and O–H groups in total. The molecule has 180 valence electrons. The molecule has 4 aromatic carbocycles. The Morgan fingerprint density at radius 1 is 0.543 bits per heavy atom. The molecule has 0 heterocycles. The van der Waals surface area contributed by atoms with Crippen molar-refractivity contribution in [2.24, 2.45) is 0 Å². The fourth-order valence-electron chi connectivity index (χ4n) is 4.37. The maximum absolute atomic E-state index is 15.0. The average Bonchev–Trinajstić information content (AvgIpc) is 2.89. The molecule has 0 aliphatic rings. The Balaban J connectivity index is 1.45. The minimum atomic E-state index is -0.839. The molecule has 0 aliphatic heterocycles. The summed E-state index contributed by atoms with van der Waals surface area (Å²) in [5.74, 6) is -1.80. The summed E-state index contributed by atoms with van der Waals surface area (Å²) >= 11 is 0. The van der Waals surface area contributed by atoms with Crippen LogP contribution in [0.5, 0.6) is 0 Å². The van der Waals surface area contributed by atoms with Crippen LogP contribution in [0.3, 0.4) is 0 Å². The molecule has 0 spiro atoms. The van der Waals surface area contributed by atoms with E-state index in [2.05, 4.69) is 13.8 Å². The van der Waals surface area contributed by atoms with Crippen LogP contribution in [0.2, 0.25) is 0 Å². The molecule has 4 aromatic rings. The standard InChI is InChI=1S/C32H31F3/c1-3-5-6-27-18-13-24(21-30(27)33)8-7-23-11-16-26(17-12-23)29-20-19-28(31(34)32(29)35)25-14-9-22(4-2)10-15-25/h9-21H,3-8H2,1-2H3. The first-order valence-corrected chi connectivity index (χ1v) is 12.4. The maximum Gasteiger partial charge on any atom is 0.167 e. The van der Waals surface area contributed by atoms with Gasteiger partial charge in [0.1, 0.15) is 5.82 Å². The molecule has 0 aliphatic carbocycles. The average molecular weight is 473 g/mol. The Hall–Kier alpha value is -3.33. The van der Waals surface area contributed by atoms with Crippen LogP contribution in [0.15, 0.2) is 78.9 Å². The first kappa shape index (κ1) is 24.8. The first-order valence-electron chi connectivity index (χ1n) is 12.4. The topological polar surface area (TPSA) is 0 Å². The molecule has 0 amide bonds. The van der Waals surface area contributed by atoms with Crippen LogP contribution in [0.1, 0.15) is 48.9 Å². The molecule has 0 atom stereocenters. The lowest BCUT2D eigenvalue weighted by atomic mass is 9.96. The van der Waals surface area contributed by atoms with Gasteiger partial charge in [-0.3, -0.25) is 0 Å². The first-order chi connectivity index (χ1) is 17.0. The molecule has 0 fully saturated rings. The van der Waals surface area contributed by atoms with Crippen LogP contribution in [0, 0.1) is 17.5 Å². The minimum Gasteiger partial charge on any atom is -0.207 e. The predicted molar refractivity (Wildman–Crippen MR) is 139 cm³/mol. The third-order valence-corrected chi connectivity index (χ3v) is 6.64. The molecule has 4 rings (SSSR count). The normalized spacial score (nSPS) is 11.1. The lowest BCUT2D eigenvalue weighted by molar-refractivity contribution is 0.514. The third-order valence-electron chi connectivity index (χ3n) is 6.64. The van der Waals surface area contributed by atoms with Gasteiger partial charge in [0.25, 0.3) is 0 Å². The van der Waals surface area contributed by atoms with Gasteiger partial charge in [-0.05, 0) is 71.6 Å². The number of unbranched alkanes of at least 4 members (excludes halogenated alkanes) is 1. The smallest absolute Gasteiger partial charge is 0.167 e. The second-order valence-electron chi connectivity index (χ2n) is 9.07. The van der Waals surface area contributed by atoms with Crippen LogP contribution >= 0.6 is 0 Å². The number of benzene rings is 4. The van der Waals surface area contributed by atoms with Gasteiger partial charge in [0.2, 0.25) is 0 Å². The van der Waals surface area contributed by atoms with E-state index in [1.165, 1.54) is 0 Å². The highest BCUT2D eigenvalue weighted by Crippen LogP contribution is 2.32. The molecule has 0 aromatic heterocycles. The van der Waals surface area contributed by atoms with Crippen molar-refractivity contribution < 1.29 is 13.2 Å². The van der Waals surface area contributed by atoms with Crippen LogP contribution in [-0.2, 0) is 25.7 Å². The summed E-state index contributed by atoms with van der Waals surface area (Å²) < 4.78 is 44.2. The van der Waals surface area contributed by atoms with Crippen molar-refractivity contribution in [1.29, 1.82) is 0 Å². The zero-order valence-electron chi connectivity index (χ0n) is 20.4. The summed E-state index contributed by atoms with van der Waals surface area (Å²) in [5.41, 5.74) is 5.75. The molecule has 3 heteroatoms. The third kappa shape index (κ3) is 5.85. The summed E-state index contributed by atoms with van der Waals surface area (Å²) in [4.78, 5) is 0. The Bertz CT molecular complexity index is 1270. The van der Waals surface area contributed by atoms with Crippen LogP contribution in [0.4, 0.5) is 13.2 Å². The Labute approximate surface area is 206 Å². The van der Waals surface area contributed by atoms with Gasteiger partial charge in [-0.2, -0.15) is 0 Å². The summed E-state index contributed by atoms with van der Waals surface area (Å²) in [5, 5.41) is 0. The molecular weight excluding hydrogens is 441 g/mol. The highest BCUT2D eigenvalue weighted by molar-refractivity contribution is 5.72. The molecule has 0 bridgehead atoms. The molecule has 0 unspecified atom stereocenters. The molecule has 0 radical (unpaired) electrons. The van der Waals surface area contributed by atoms with Crippen molar-refractivity contribution in [2.75, 3.05) is 0 Å². The van der Waals surface area contributed by atoms with E-state index in [0.29, 0.717) is 11.1 Å². The predicted octanol–water partition coefficient (Wildman–Crippen LogP) is 9.13. The number of rotatable bonds is 9. The number of hydrogen-bond donors (Lipinski definition) is 0. The molecular formula is C32H31F3. The lowest BCUT2D eigenvalue weighted by Crippen LogP contribution is -1.97. The zero-order chi connectivity index (χ0) is 24.8. The summed E-state index contributed by atoms with van der Waals surface area (Å²) in [7, 11) is 0. The van der Waals surface area contributed by atoms with E-state index < -0.39 is 11.6 Å². The van der Waals surface area contributed by atoms with Crippen molar-refractivity contribution in [3.05, 3.63) is 119 Å². The highest BCUT2D eigenvalue weighted by atomic mass is 19.2. The van der Waals surface area contributed by atoms with Gasteiger partial charge in [-0.1, -0.05) is 93.1 Å². The van der Waals surface area contributed by atoms with Gasteiger partial charge >= 0.3 is 0 Å². The second-order valence-corrected chi connectivity index (χ2v) is 9.07. The molecule has 0 nitrogen and oxygen atoms in total. The van der Waals surface area contributed by atoms with E-state index in [0.717, 1.165) is 60.8 Å².